The maximum atomic E-state index is 12.7. The van der Waals surface area contributed by atoms with Crippen LogP contribution in [0.25, 0.3) is 0 Å². The van der Waals surface area contributed by atoms with Crippen LogP contribution in [0.15, 0.2) is 30.3 Å². The lowest BCUT2D eigenvalue weighted by Crippen LogP contribution is -2.69. The molecule has 0 saturated carbocycles. The summed E-state index contributed by atoms with van der Waals surface area (Å²) in [4.78, 5) is 14.7. The third-order valence-electron chi connectivity index (χ3n) is 5.39. The van der Waals surface area contributed by atoms with Crippen molar-refractivity contribution in [2.45, 2.75) is 71.4 Å². The molecule has 23 heavy (non-hydrogen) atoms. The van der Waals surface area contributed by atoms with Gasteiger partial charge in [-0.25, -0.2) is 0 Å². The maximum absolute atomic E-state index is 12.7. The number of hydrogen-bond donors (Lipinski definition) is 0. The third kappa shape index (κ3) is 3.69. The van der Waals surface area contributed by atoms with E-state index in [2.05, 4.69) is 46.8 Å². The predicted octanol–water partition coefficient (Wildman–Crippen LogP) is 4.44. The van der Waals surface area contributed by atoms with Gasteiger partial charge in [-0.3, -0.25) is 4.79 Å². The molecule has 4 heteroatoms. The van der Waals surface area contributed by atoms with Crippen molar-refractivity contribution in [3.8, 4) is 0 Å². The Morgan fingerprint density at radius 3 is 2.13 bits per heavy atom. The summed E-state index contributed by atoms with van der Waals surface area (Å²) in [6, 6.07) is 13.7. The molecule has 1 saturated heterocycles. The number of β-lactam (4-membered cyclic amide) rings is 1. The lowest BCUT2D eigenvalue weighted by Gasteiger charge is -2.51. The molecule has 3 nitrogen and oxygen atoms in total. The van der Waals surface area contributed by atoms with Crippen molar-refractivity contribution in [2.75, 3.05) is 0 Å². The van der Waals surface area contributed by atoms with Crippen LogP contribution in [0.3, 0.4) is 0 Å². The minimum Gasteiger partial charge on any atom is -0.403 e. The molecule has 1 amide bonds. The van der Waals surface area contributed by atoms with E-state index in [0.29, 0.717) is 12.5 Å². The number of nitrogens with zero attached hydrogens (tertiary/aromatic N) is 1. The smallest absolute Gasteiger partial charge is 0.253 e. The molecule has 0 N–H and O–H groups in total. The molecule has 1 aliphatic rings. The minimum absolute atomic E-state index is 0.180. The molecular weight excluding hydrogens is 302 g/mol. The zero-order chi connectivity index (χ0) is 17.0. The number of amides is 1. The molecule has 0 radical (unpaired) electrons. The van der Waals surface area contributed by atoms with Crippen LogP contribution in [0.5, 0.6) is 0 Å². The van der Waals surface area contributed by atoms with Gasteiger partial charge in [0.2, 0.25) is 0 Å². The number of carbonyl (C=O) groups is 1. The Kier molecular flexibility index (Phi) is 6.04. The Labute approximate surface area is 142 Å². The van der Waals surface area contributed by atoms with Crippen LogP contribution in [-0.4, -0.2) is 31.3 Å². The molecule has 0 unspecified atom stereocenters. The summed E-state index contributed by atoms with van der Waals surface area (Å²) in [5.74, 6) is 0.596. The van der Waals surface area contributed by atoms with E-state index in [1.54, 1.807) is 0 Å². The molecule has 1 aromatic carbocycles. The first-order valence-corrected chi connectivity index (χ1v) is 11.5. The highest BCUT2D eigenvalue weighted by molar-refractivity contribution is 6.73. The second-order valence-electron chi connectivity index (χ2n) is 6.97. The highest BCUT2D eigenvalue weighted by Crippen LogP contribution is 2.35. The van der Waals surface area contributed by atoms with Crippen molar-refractivity contribution < 1.29 is 9.22 Å². The first-order chi connectivity index (χ1) is 11.0. The van der Waals surface area contributed by atoms with Crippen molar-refractivity contribution in [3.05, 3.63) is 35.9 Å². The second kappa shape index (κ2) is 7.62. The van der Waals surface area contributed by atoms with Crippen LogP contribution in [-0.2, 0) is 15.8 Å². The molecule has 0 bridgehead atoms. The number of carbonyl (C=O) groups excluding carboxylic acids is 1. The largest absolute Gasteiger partial charge is 0.403 e. The molecule has 128 valence electrons. The second-order valence-corrected chi connectivity index (χ2v) is 11.7. The highest BCUT2D eigenvalue weighted by Gasteiger charge is 2.52. The normalized spacial score (nSPS) is 21.7. The van der Waals surface area contributed by atoms with Gasteiger partial charge >= 0.3 is 0 Å². The fourth-order valence-electron chi connectivity index (χ4n) is 3.60. The molecule has 2 rings (SSSR count). The molecule has 2 atom stereocenters. The van der Waals surface area contributed by atoms with E-state index in [-0.39, 0.29) is 18.1 Å². The Morgan fingerprint density at radius 2 is 1.65 bits per heavy atom. The van der Waals surface area contributed by atoms with Crippen LogP contribution >= 0.6 is 0 Å². The number of hydrogen-bond acceptors (Lipinski definition) is 2. The average Bonchev–Trinajstić information content (AvgIpc) is 2.58. The molecule has 0 spiro atoms. The first kappa shape index (κ1) is 18.2. The summed E-state index contributed by atoms with van der Waals surface area (Å²) in [7, 11) is -1.75. The van der Waals surface area contributed by atoms with E-state index in [1.165, 1.54) is 5.56 Å². The molecule has 0 aromatic heterocycles. The van der Waals surface area contributed by atoms with Gasteiger partial charge in [0, 0.05) is 6.54 Å². The van der Waals surface area contributed by atoms with Crippen LogP contribution in [0.1, 0.15) is 40.2 Å². The molecule has 1 fully saturated rings. The Bertz CT molecular complexity index is 505. The molecule has 1 aromatic rings. The quantitative estimate of drug-likeness (QED) is 0.520. The van der Waals surface area contributed by atoms with Crippen molar-refractivity contribution in [2.24, 2.45) is 5.92 Å². The van der Waals surface area contributed by atoms with Crippen molar-refractivity contribution in [3.63, 3.8) is 0 Å². The van der Waals surface area contributed by atoms with Gasteiger partial charge < -0.3 is 9.33 Å². The van der Waals surface area contributed by atoms with Gasteiger partial charge in [-0.2, -0.15) is 0 Å². The van der Waals surface area contributed by atoms with Gasteiger partial charge in [0.1, 0.15) is 6.10 Å². The van der Waals surface area contributed by atoms with Gasteiger partial charge in [0.05, 0.1) is 6.04 Å². The Balaban J connectivity index is 2.12. The van der Waals surface area contributed by atoms with Crippen LogP contribution < -0.4 is 0 Å². The number of rotatable bonds is 8. The predicted molar refractivity (Wildman–Crippen MR) is 97.7 cm³/mol. The summed E-state index contributed by atoms with van der Waals surface area (Å²) in [5, 5.41) is 0. The topological polar surface area (TPSA) is 29.5 Å². The van der Waals surface area contributed by atoms with E-state index in [1.807, 2.05) is 23.1 Å². The lowest BCUT2D eigenvalue weighted by molar-refractivity contribution is -0.169. The third-order valence-corrected chi connectivity index (χ3v) is 10.0. The number of benzene rings is 1. The van der Waals surface area contributed by atoms with E-state index in [9.17, 15) is 4.79 Å². The van der Waals surface area contributed by atoms with Crippen molar-refractivity contribution in [1.29, 1.82) is 0 Å². The van der Waals surface area contributed by atoms with Gasteiger partial charge in [0.15, 0.2) is 8.32 Å². The van der Waals surface area contributed by atoms with E-state index in [4.69, 9.17) is 4.43 Å². The molecule has 1 heterocycles. The maximum Gasteiger partial charge on any atom is 0.253 e. The van der Waals surface area contributed by atoms with Gasteiger partial charge in [0.25, 0.3) is 5.91 Å². The van der Waals surface area contributed by atoms with Crippen molar-refractivity contribution >= 4 is 14.2 Å². The number of likely N-dealkylation sites (tertiary alicyclic amines) is 1. The highest BCUT2D eigenvalue weighted by atomic mass is 28.4. The van der Waals surface area contributed by atoms with Crippen LogP contribution in [0, 0.1) is 5.92 Å². The van der Waals surface area contributed by atoms with E-state index in [0.717, 1.165) is 18.1 Å². The Morgan fingerprint density at radius 1 is 1.09 bits per heavy atom. The first-order valence-electron chi connectivity index (χ1n) is 9.00. The van der Waals surface area contributed by atoms with Crippen LogP contribution in [0.4, 0.5) is 0 Å². The summed E-state index contributed by atoms with van der Waals surface area (Å²) in [6.45, 7) is 11.7. The fourth-order valence-corrected chi connectivity index (χ4v) is 6.38. The van der Waals surface area contributed by atoms with E-state index >= 15 is 0 Å². The standard InChI is InChI=1S/C19H31NO2Si/c1-6-23(7-2,8-3)22-18-17(15(4)5)20(19(18)21)14-16-12-10-9-11-13-16/h9-13,15,17-18H,6-8,14H2,1-5H3/t17-,18+/m1/s1. The van der Waals surface area contributed by atoms with E-state index < -0.39 is 8.32 Å². The lowest BCUT2D eigenvalue weighted by atomic mass is 9.87. The van der Waals surface area contributed by atoms with Gasteiger partial charge in [-0.1, -0.05) is 65.0 Å². The van der Waals surface area contributed by atoms with Gasteiger partial charge in [-0.05, 0) is 29.6 Å². The van der Waals surface area contributed by atoms with Gasteiger partial charge in [-0.15, -0.1) is 0 Å². The SMILES string of the molecule is CC[Si](CC)(CC)O[C@@H]1C(=O)N(Cc2ccccc2)[C@@H]1C(C)C. The average molecular weight is 334 g/mol. The molecular formula is C19H31NO2Si. The zero-order valence-corrected chi connectivity index (χ0v) is 16.2. The monoisotopic (exact) mass is 333 g/mol. The van der Waals surface area contributed by atoms with Crippen molar-refractivity contribution in [1.82, 2.24) is 4.90 Å². The minimum atomic E-state index is -1.75. The summed E-state index contributed by atoms with van der Waals surface area (Å²) >= 11 is 0. The zero-order valence-electron chi connectivity index (χ0n) is 15.2. The molecule has 1 aliphatic heterocycles. The summed E-state index contributed by atoms with van der Waals surface area (Å²) < 4.78 is 6.52. The Hall–Kier alpha value is -1.13. The molecule has 0 aliphatic carbocycles. The summed E-state index contributed by atoms with van der Waals surface area (Å²) in [6.07, 6.45) is -0.217. The fraction of sp³-hybridized carbons (Fsp3) is 0.632. The van der Waals surface area contributed by atoms with Crippen LogP contribution in [0.2, 0.25) is 18.1 Å². The summed E-state index contributed by atoms with van der Waals surface area (Å²) in [5.41, 5.74) is 1.19.